The topological polar surface area (TPSA) is 51.6 Å². The van der Waals surface area contributed by atoms with E-state index >= 15 is 0 Å². The SMILES string of the molecule is c1ccc(-c2nc(-c3ccc4ccccc4c3)nc3ccc(-c4ccc(-c5ccc6ccc7ccc(-c8cccc(-c9ccc%10c%11ccccc%11c%11ccccc%11c%10c9)c8)nc7c6n5)cc4)cc23)cc1. The van der Waals surface area contributed by atoms with Gasteiger partial charge in [-0.2, -0.15) is 0 Å². The van der Waals surface area contributed by atoms with Crippen molar-refractivity contribution in [1.82, 2.24) is 19.9 Å². The summed E-state index contributed by atoms with van der Waals surface area (Å²) in [6.07, 6.45) is 0. The van der Waals surface area contributed by atoms with E-state index in [-0.39, 0.29) is 0 Å². The van der Waals surface area contributed by atoms with E-state index in [1.165, 1.54) is 48.7 Å². The van der Waals surface area contributed by atoms with Crippen molar-refractivity contribution in [2.75, 3.05) is 0 Å². The third-order valence-electron chi connectivity index (χ3n) is 14.0. The Kier molecular flexibility index (Phi) is 9.17. The Morgan fingerprint density at radius 3 is 1.43 bits per heavy atom. The van der Waals surface area contributed by atoms with E-state index in [1.807, 2.05) is 6.07 Å². The van der Waals surface area contributed by atoms with Crippen molar-refractivity contribution in [3.63, 3.8) is 0 Å². The van der Waals surface area contributed by atoms with Gasteiger partial charge in [0.25, 0.3) is 0 Å². The first-order valence-corrected chi connectivity index (χ1v) is 23.8. The van der Waals surface area contributed by atoms with Gasteiger partial charge in [-0.15, -0.1) is 0 Å². The maximum absolute atomic E-state index is 5.34. The Hall–Kier alpha value is -9.38. The number of pyridine rings is 2. The minimum absolute atomic E-state index is 0.713. The molecule has 11 aromatic carbocycles. The molecule has 0 saturated heterocycles. The molecular formula is C66H40N4. The fraction of sp³-hybridized carbons (Fsp3) is 0. The lowest BCUT2D eigenvalue weighted by atomic mass is 9.91. The smallest absolute Gasteiger partial charge is 0.160 e. The molecule has 14 aromatic rings. The van der Waals surface area contributed by atoms with Crippen molar-refractivity contribution < 1.29 is 0 Å². The second-order valence-corrected chi connectivity index (χ2v) is 18.2. The van der Waals surface area contributed by atoms with Crippen LogP contribution in [0.15, 0.2) is 243 Å². The Labute approximate surface area is 403 Å². The number of nitrogens with zero attached hydrogens (tertiary/aromatic N) is 4. The number of hydrogen-bond donors (Lipinski definition) is 0. The van der Waals surface area contributed by atoms with Crippen molar-refractivity contribution in [1.29, 1.82) is 0 Å². The molecule has 0 fully saturated rings. The highest BCUT2D eigenvalue weighted by molar-refractivity contribution is 6.25. The molecule has 0 N–H and O–H groups in total. The molecule has 0 aliphatic carbocycles. The molecule has 0 aliphatic rings. The average molecular weight is 889 g/mol. The van der Waals surface area contributed by atoms with Gasteiger partial charge in [0, 0.05) is 38.4 Å². The van der Waals surface area contributed by atoms with E-state index in [2.05, 4.69) is 237 Å². The second-order valence-electron chi connectivity index (χ2n) is 18.2. The van der Waals surface area contributed by atoms with Crippen LogP contribution in [0.5, 0.6) is 0 Å². The largest absolute Gasteiger partial charge is 0.245 e. The van der Waals surface area contributed by atoms with Gasteiger partial charge in [-0.05, 0) is 108 Å². The molecule has 0 bridgehead atoms. The Bertz CT molecular complexity index is 4370. The lowest BCUT2D eigenvalue weighted by molar-refractivity contribution is 1.23. The maximum Gasteiger partial charge on any atom is 0.160 e. The van der Waals surface area contributed by atoms with Crippen molar-refractivity contribution in [2.24, 2.45) is 0 Å². The highest BCUT2D eigenvalue weighted by Gasteiger charge is 2.16. The highest BCUT2D eigenvalue weighted by Crippen LogP contribution is 2.39. The lowest BCUT2D eigenvalue weighted by Gasteiger charge is -2.13. The molecule has 0 unspecified atom stereocenters. The maximum atomic E-state index is 5.34. The molecule has 4 nitrogen and oxygen atoms in total. The van der Waals surface area contributed by atoms with Crippen LogP contribution in [-0.4, -0.2) is 19.9 Å². The molecular weight excluding hydrogens is 849 g/mol. The number of hydrogen-bond acceptors (Lipinski definition) is 4. The van der Waals surface area contributed by atoms with Gasteiger partial charge >= 0.3 is 0 Å². The van der Waals surface area contributed by atoms with Crippen LogP contribution in [-0.2, 0) is 0 Å². The monoisotopic (exact) mass is 888 g/mol. The van der Waals surface area contributed by atoms with E-state index in [0.717, 1.165) is 88.7 Å². The Morgan fingerprint density at radius 2 is 0.700 bits per heavy atom. The quantitative estimate of drug-likeness (QED) is 0.156. The van der Waals surface area contributed by atoms with Crippen LogP contribution < -0.4 is 0 Å². The third kappa shape index (κ3) is 6.76. The zero-order valence-electron chi connectivity index (χ0n) is 37.9. The standard InChI is InChI=1S/C66H40N4/c1-2-12-44(13-3-1)63-59-40-49(32-36-62(59)69-66(70-63)52-28-23-41-11-4-5-14-47(41)38-52)42-21-24-43(25-22-42)60-34-30-45-26-27-46-31-35-61(68-65(46)64(45)67-60)51-16-10-15-48(37-51)50-29-33-57-55-19-7-6-17-53(55)54-18-8-9-20-56(54)58(57)39-50/h1-40H. The average Bonchev–Trinajstić information content (AvgIpc) is 3.44. The molecule has 14 rings (SSSR count). The van der Waals surface area contributed by atoms with Crippen LogP contribution in [0.25, 0.3) is 143 Å². The fourth-order valence-corrected chi connectivity index (χ4v) is 10.4. The first kappa shape index (κ1) is 39.8. The molecule has 0 saturated carbocycles. The van der Waals surface area contributed by atoms with Gasteiger partial charge in [0.15, 0.2) is 5.82 Å². The predicted octanol–water partition coefficient (Wildman–Crippen LogP) is 17.3. The summed E-state index contributed by atoms with van der Waals surface area (Å²) in [5, 5.41) is 13.1. The fourth-order valence-electron chi connectivity index (χ4n) is 10.4. The molecule has 4 heteroatoms. The van der Waals surface area contributed by atoms with Crippen LogP contribution in [0.4, 0.5) is 0 Å². The Balaban J connectivity index is 0.798. The highest BCUT2D eigenvalue weighted by atomic mass is 14.9. The number of rotatable bonds is 6. The van der Waals surface area contributed by atoms with E-state index in [0.29, 0.717) is 5.82 Å². The van der Waals surface area contributed by atoms with Gasteiger partial charge in [-0.1, -0.05) is 200 Å². The summed E-state index contributed by atoms with van der Waals surface area (Å²) in [4.78, 5) is 21.0. The molecule has 324 valence electrons. The summed E-state index contributed by atoms with van der Waals surface area (Å²) in [7, 11) is 0. The molecule has 0 spiro atoms. The normalized spacial score (nSPS) is 11.7. The zero-order valence-corrected chi connectivity index (χ0v) is 37.9. The van der Waals surface area contributed by atoms with Crippen molar-refractivity contribution in [3.8, 4) is 67.4 Å². The van der Waals surface area contributed by atoms with Gasteiger partial charge in [-0.25, -0.2) is 19.9 Å². The third-order valence-corrected chi connectivity index (χ3v) is 14.0. The van der Waals surface area contributed by atoms with E-state index < -0.39 is 0 Å². The molecule has 0 amide bonds. The Morgan fingerprint density at radius 1 is 0.214 bits per heavy atom. The van der Waals surface area contributed by atoms with Crippen LogP contribution in [0.3, 0.4) is 0 Å². The second kappa shape index (κ2) is 16.2. The van der Waals surface area contributed by atoms with Crippen molar-refractivity contribution in [2.45, 2.75) is 0 Å². The van der Waals surface area contributed by atoms with Crippen LogP contribution >= 0.6 is 0 Å². The summed E-state index contributed by atoms with van der Waals surface area (Å²) >= 11 is 0. The number of aromatic nitrogens is 4. The molecule has 0 aliphatic heterocycles. The lowest BCUT2D eigenvalue weighted by Crippen LogP contribution is -1.96. The minimum Gasteiger partial charge on any atom is -0.245 e. The molecule has 0 radical (unpaired) electrons. The number of benzene rings is 11. The minimum atomic E-state index is 0.713. The summed E-state index contributed by atoms with van der Waals surface area (Å²) < 4.78 is 0. The van der Waals surface area contributed by atoms with E-state index in [1.54, 1.807) is 0 Å². The van der Waals surface area contributed by atoms with Gasteiger partial charge in [-0.3, -0.25) is 0 Å². The zero-order chi connectivity index (χ0) is 46.1. The van der Waals surface area contributed by atoms with E-state index in [4.69, 9.17) is 19.9 Å². The molecule has 0 atom stereocenters. The van der Waals surface area contributed by atoms with Crippen LogP contribution in [0.1, 0.15) is 0 Å². The van der Waals surface area contributed by atoms with Gasteiger partial charge in [0.05, 0.1) is 33.6 Å². The summed E-state index contributed by atoms with van der Waals surface area (Å²) in [6.45, 7) is 0. The summed E-state index contributed by atoms with van der Waals surface area (Å²) in [5.41, 5.74) is 14.1. The molecule has 70 heavy (non-hydrogen) atoms. The van der Waals surface area contributed by atoms with Crippen molar-refractivity contribution >= 4 is 75.8 Å². The summed E-state index contributed by atoms with van der Waals surface area (Å²) in [6, 6.07) is 86.4. The van der Waals surface area contributed by atoms with Gasteiger partial charge in [0.1, 0.15) is 0 Å². The van der Waals surface area contributed by atoms with Crippen LogP contribution in [0.2, 0.25) is 0 Å². The predicted molar refractivity (Wildman–Crippen MR) is 293 cm³/mol. The van der Waals surface area contributed by atoms with E-state index in [9.17, 15) is 0 Å². The number of fused-ring (bicyclic) bond motifs is 11. The molecule has 3 heterocycles. The summed E-state index contributed by atoms with van der Waals surface area (Å²) in [5.74, 6) is 0.713. The van der Waals surface area contributed by atoms with Crippen LogP contribution in [0, 0.1) is 0 Å². The van der Waals surface area contributed by atoms with Crippen molar-refractivity contribution in [3.05, 3.63) is 243 Å². The first-order valence-electron chi connectivity index (χ1n) is 23.8. The first-order chi connectivity index (χ1) is 34.6. The van der Waals surface area contributed by atoms with Gasteiger partial charge in [0.2, 0.25) is 0 Å². The molecule has 3 aromatic heterocycles. The van der Waals surface area contributed by atoms with Gasteiger partial charge < -0.3 is 0 Å².